The van der Waals surface area contributed by atoms with E-state index in [1.54, 1.807) is 13.8 Å². The predicted molar refractivity (Wildman–Crippen MR) is 106 cm³/mol. The molecule has 1 aromatic rings. The highest BCUT2D eigenvalue weighted by atomic mass is 35.5. The first kappa shape index (κ1) is 25.0. The highest BCUT2D eigenvalue weighted by Crippen LogP contribution is 2.25. The van der Waals surface area contributed by atoms with Crippen molar-refractivity contribution in [3.63, 3.8) is 0 Å². The molecule has 1 fully saturated rings. The fourth-order valence-electron chi connectivity index (χ4n) is 2.97. The van der Waals surface area contributed by atoms with Crippen molar-refractivity contribution in [3.05, 3.63) is 33.4 Å². The molecule has 8 nitrogen and oxygen atoms in total. The van der Waals surface area contributed by atoms with Crippen LogP contribution in [-0.4, -0.2) is 57.5 Å². The predicted octanol–water partition coefficient (Wildman–Crippen LogP) is 1.63. The first-order valence-corrected chi connectivity index (χ1v) is 9.48. The van der Waals surface area contributed by atoms with Crippen molar-refractivity contribution in [2.45, 2.75) is 25.2 Å². The number of piperazine rings is 1. The van der Waals surface area contributed by atoms with E-state index in [0.717, 1.165) is 39.1 Å². The molecule has 0 unspecified atom stereocenters. The molecule has 1 heterocycles. The van der Waals surface area contributed by atoms with Crippen molar-refractivity contribution in [3.8, 4) is 0 Å². The fourth-order valence-corrected chi connectivity index (χ4v) is 4.50. The van der Waals surface area contributed by atoms with Crippen LogP contribution in [0.4, 0.5) is 5.69 Å². The van der Waals surface area contributed by atoms with E-state index in [1.807, 2.05) is 0 Å². The number of nitrogens with one attached hydrogen (secondary N) is 2. The SMILES string of the molecule is Cc1cc([N+](=O)[O-])cc(C)c1S(=O)(=O)NCCCN1CCNCC1.Cl.Cl. The molecule has 0 amide bonds. The molecule has 0 bridgehead atoms. The van der Waals surface area contributed by atoms with Crippen LogP contribution in [0, 0.1) is 24.0 Å². The second-order valence-corrected chi connectivity index (χ2v) is 7.71. The van der Waals surface area contributed by atoms with Gasteiger partial charge in [-0.05, 0) is 37.9 Å². The van der Waals surface area contributed by atoms with Crippen LogP contribution in [0.25, 0.3) is 0 Å². The van der Waals surface area contributed by atoms with E-state index in [1.165, 1.54) is 12.1 Å². The van der Waals surface area contributed by atoms with Crippen LogP contribution >= 0.6 is 24.8 Å². The van der Waals surface area contributed by atoms with Crippen molar-refractivity contribution in [2.24, 2.45) is 0 Å². The maximum Gasteiger partial charge on any atom is 0.270 e. The molecule has 0 radical (unpaired) electrons. The van der Waals surface area contributed by atoms with Gasteiger partial charge in [0, 0.05) is 44.9 Å². The van der Waals surface area contributed by atoms with Gasteiger partial charge in [0.15, 0.2) is 0 Å². The molecular weight excluding hydrogens is 403 g/mol. The first-order valence-electron chi connectivity index (χ1n) is 7.99. The molecule has 2 rings (SSSR count). The molecule has 11 heteroatoms. The normalized spacial score (nSPS) is 15.0. The number of nitro groups is 1. The van der Waals surface area contributed by atoms with E-state index < -0.39 is 14.9 Å². The number of benzene rings is 1. The largest absolute Gasteiger partial charge is 0.314 e. The topological polar surface area (TPSA) is 105 Å². The molecule has 26 heavy (non-hydrogen) atoms. The number of nitrogens with zero attached hydrogens (tertiary/aromatic N) is 2. The third-order valence-corrected chi connectivity index (χ3v) is 5.84. The van der Waals surface area contributed by atoms with Crippen molar-refractivity contribution in [1.82, 2.24) is 14.9 Å². The van der Waals surface area contributed by atoms with Crippen LogP contribution < -0.4 is 10.0 Å². The summed E-state index contributed by atoms with van der Waals surface area (Å²) >= 11 is 0. The van der Waals surface area contributed by atoms with Crippen LogP contribution in [0.5, 0.6) is 0 Å². The van der Waals surface area contributed by atoms with Gasteiger partial charge in [-0.2, -0.15) is 0 Å². The van der Waals surface area contributed by atoms with Crippen molar-refractivity contribution < 1.29 is 13.3 Å². The lowest BCUT2D eigenvalue weighted by molar-refractivity contribution is -0.385. The second-order valence-electron chi connectivity index (χ2n) is 6.01. The standard InChI is InChI=1S/C15H24N4O4S.2ClH/c1-12-10-14(19(20)21)11-13(2)15(12)24(22,23)17-4-3-7-18-8-5-16-6-9-18;;/h10-11,16-17H,3-9H2,1-2H3;2*1H. The Morgan fingerprint density at radius 3 is 2.23 bits per heavy atom. The number of aryl methyl sites for hydroxylation is 2. The van der Waals surface area contributed by atoms with Gasteiger partial charge < -0.3 is 10.2 Å². The zero-order valence-electron chi connectivity index (χ0n) is 14.9. The Hall–Kier alpha value is -0.970. The summed E-state index contributed by atoms with van der Waals surface area (Å²) in [6.45, 7) is 8.25. The highest BCUT2D eigenvalue weighted by molar-refractivity contribution is 7.89. The molecule has 1 aromatic carbocycles. The lowest BCUT2D eigenvalue weighted by Crippen LogP contribution is -2.44. The molecule has 2 N–H and O–H groups in total. The van der Waals surface area contributed by atoms with E-state index in [-0.39, 0.29) is 35.4 Å². The quantitative estimate of drug-likeness (QED) is 0.388. The van der Waals surface area contributed by atoms with Gasteiger partial charge in [-0.25, -0.2) is 13.1 Å². The summed E-state index contributed by atoms with van der Waals surface area (Å²) in [6.07, 6.45) is 0.726. The molecule has 0 aromatic heterocycles. The molecular formula is C15H26Cl2N4O4S. The molecule has 0 saturated carbocycles. The lowest BCUT2D eigenvalue weighted by Gasteiger charge is -2.27. The third-order valence-electron chi connectivity index (χ3n) is 4.08. The molecule has 150 valence electrons. The molecule has 1 aliphatic heterocycles. The summed E-state index contributed by atoms with van der Waals surface area (Å²) in [7, 11) is -3.67. The third kappa shape index (κ3) is 6.64. The fraction of sp³-hybridized carbons (Fsp3) is 0.600. The van der Waals surface area contributed by atoms with Crippen LogP contribution in [-0.2, 0) is 10.0 Å². The van der Waals surface area contributed by atoms with Crippen LogP contribution in [0.1, 0.15) is 17.5 Å². The Bertz CT molecular complexity index is 687. The van der Waals surface area contributed by atoms with E-state index in [9.17, 15) is 18.5 Å². The Kier molecular flexibility index (Phi) is 10.6. The summed E-state index contributed by atoms with van der Waals surface area (Å²) in [4.78, 5) is 12.8. The number of sulfonamides is 1. The van der Waals surface area contributed by atoms with E-state index >= 15 is 0 Å². The zero-order valence-corrected chi connectivity index (χ0v) is 17.3. The monoisotopic (exact) mass is 428 g/mol. The van der Waals surface area contributed by atoms with Gasteiger partial charge in [-0.1, -0.05) is 0 Å². The second kappa shape index (κ2) is 11.0. The molecule has 0 aliphatic carbocycles. The minimum Gasteiger partial charge on any atom is -0.314 e. The number of non-ortho nitro benzene ring substituents is 1. The summed E-state index contributed by atoms with van der Waals surface area (Å²) in [5.74, 6) is 0. The zero-order chi connectivity index (χ0) is 17.7. The van der Waals surface area contributed by atoms with E-state index in [4.69, 9.17) is 0 Å². The maximum absolute atomic E-state index is 12.5. The summed E-state index contributed by atoms with van der Waals surface area (Å²) in [5.41, 5.74) is 0.676. The number of halogens is 2. The number of hydrogen-bond donors (Lipinski definition) is 2. The maximum atomic E-state index is 12.5. The van der Waals surface area contributed by atoms with Gasteiger partial charge in [0.25, 0.3) is 5.69 Å². The highest BCUT2D eigenvalue weighted by Gasteiger charge is 2.22. The number of hydrogen-bond acceptors (Lipinski definition) is 6. The van der Waals surface area contributed by atoms with Gasteiger partial charge in [0.2, 0.25) is 10.0 Å². The van der Waals surface area contributed by atoms with Gasteiger partial charge in [-0.3, -0.25) is 10.1 Å². The van der Waals surface area contributed by atoms with Crippen LogP contribution in [0.2, 0.25) is 0 Å². The average Bonchev–Trinajstić information content (AvgIpc) is 2.51. The first-order chi connectivity index (χ1) is 11.3. The van der Waals surface area contributed by atoms with Crippen molar-refractivity contribution in [1.29, 1.82) is 0 Å². The Balaban J connectivity index is 0.00000312. The summed E-state index contributed by atoms with van der Waals surface area (Å²) in [5, 5.41) is 14.1. The molecule has 0 atom stereocenters. The van der Waals surface area contributed by atoms with E-state index in [2.05, 4.69) is 14.9 Å². The number of nitro benzene ring substituents is 1. The Morgan fingerprint density at radius 1 is 1.19 bits per heavy atom. The van der Waals surface area contributed by atoms with Gasteiger partial charge >= 0.3 is 0 Å². The summed E-state index contributed by atoms with van der Waals surface area (Å²) in [6, 6.07) is 2.59. The molecule has 1 aliphatic rings. The van der Waals surface area contributed by atoms with Gasteiger partial charge in [0.05, 0.1) is 9.82 Å². The van der Waals surface area contributed by atoms with Crippen LogP contribution in [0.3, 0.4) is 0 Å². The van der Waals surface area contributed by atoms with Crippen molar-refractivity contribution >= 4 is 40.5 Å². The smallest absolute Gasteiger partial charge is 0.270 e. The average molecular weight is 429 g/mol. The van der Waals surface area contributed by atoms with Gasteiger partial charge in [-0.15, -0.1) is 24.8 Å². The van der Waals surface area contributed by atoms with Crippen LogP contribution in [0.15, 0.2) is 17.0 Å². The Labute approximate surface area is 166 Å². The van der Waals surface area contributed by atoms with Crippen molar-refractivity contribution in [2.75, 3.05) is 39.3 Å². The van der Waals surface area contributed by atoms with E-state index in [0.29, 0.717) is 17.7 Å². The Morgan fingerprint density at radius 2 is 1.73 bits per heavy atom. The van der Waals surface area contributed by atoms with Gasteiger partial charge in [0.1, 0.15) is 0 Å². The lowest BCUT2D eigenvalue weighted by atomic mass is 10.1. The minimum atomic E-state index is -3.67. The number of rotatable bonds is 7. The summed E-state index contributed by atoms with van der Waals surface area (Å²) < 4.78 is 27.6. The molecule has 0 spiro atoms. The minimum absolute atomic E-state index is 0. The molecule has 1 saturated heterocycles.